The molecule has 14 heteroatoms. The van der Waals surface area contributed by atoms with Crippen molar-refractivity contribution >= 4 is 33.3 Å². The molecule has 0 aliphatic heterocycles. The van der Waals surface area contributed by atoms with Crippen molar-refractivity contribution in [1.29, 1.82) is 0 Å². The van der Waals surface area contributed by atoms with Crippen LogP contribution in [0, 0.1) is 0 Å². The van der Waals surface area contributed by atoms with Gasteiger partial charge in [-0.1, -0.05) is 0 Å². The zero-order valence-corrected chi connectivity index (χ0v) is 18.5. The number of hydrogen-bond donors (Lipinski definition) is 2. The second-order valence-corrected chi connectivity index (χ2v) is 7.82. The Labute approximate surface area is 186 Å². The van der Waals surface area contributed by atoms with E-state index in [1.165, 1.54) is 27.4 Å². The maximum atomic E-state index is 12.9. The van der Waals surface area contributed by atoms with Crippen LogP contribution in [0.1, 0.15) is 10.4 Å². The number of nitrogens with one attached hydrogen (secondary N) is 2. The Morgan fingerprint density at radius 2 is 1.48 bits per heavy atom. The van der Waals surface area contributed by atoms with Crippen LogP contribution in [0.15, 0.2) is 35.2 Å². The normalized spacial score (nSPS) is 11.4. The van der Waals surface area contributed by atoms with E-state index in [9.17, 15) is 31.2 Å². The van der Waals surface area contributed by atoms with Crippen LogP contribution in [-0.4, -0.2) is 54.9 Å². The second-order valence-electron chi connectivity index (χ2n) is 6.14. The van der Waals surface area contributed by atoms with Gasteiger partial charge in [0.2, 0.25) is 5.75 Å². The summed E-state index contributed by atoms with van der Waals surface area (Å²) in [5, 5.41) is 1.60. The number of rotatable bonds is 8. The van der Waals surface area contributed by atoms with E-state index in [0.29, 0.717) is 0 Å². The van der Waals surface area contributed by atoms with Crippen molar-refractivity contribution in [2.45, 2.75) is 11.1 Å². The summed E-state index contributed by atoms with van der Waals surface area (Å²) < 4.78 is 85.4. The smallest absolute Gasteiger partial charge is 0.471 e. The van der Waals surface area contributed by atoms with Crippen molar-refractivity contribution in [1.82, 2.24) is 0 Å². The minimum atomic E-state index is -5.11. The first-order valence-corrected chi connectivity index (χ1v) is 10.3. The summed E-state index contributed by atoms with van der Waals surface area (Å²) in [5.41, 5.74) is -0.865. The second kappa shape index (κ2) is 9.85. The topological polar surface area (TPSA) is 129 Å². The molecule has 2 aromatic rings. The van der Waals surface area contributed by atoms with E-state index in [0.717, 1.165) is 31.4 Å². The summed E-state index contributed by atoms with van der Waals surface area (Å²) in [4.78, 5) is 22.9. The molecule has 2 rings (SSSR count). The predicted octanol–water partition coefficient (Wildman–Crippen LogP) is 2.80. The molecule has 0 fully saturated rings. The van der Waals surface area contributed by atoms with Crippen LogP contribution < -0.4 is 24.2 Å². The van der Waals surface area contributed by atoms with Gasteiger partial charge in [-0.3, -0.25) is 9.52 Å². The molecular formula is C19H19F3N2O8S. The van der Waals surface area contributed by atoms with E-state index in [-0.39, 0.29) is 39.1 Å². The molecule has 0 aliphatic rings. The van der Waals surface area contributed by atoms with Crippen LogP contribution in [0.4, 0.5) is 24.5 Å². The molecule has 0 aromatic heterocycles. The molecule has 0 aliphatic carbocycles. The molecule has 180 valence electrons. The van der Waals surface area contributed by atoms with E-state index in [2.05, 4.69) is 4.72 Å². The summed E-state index contributed by atoms with van der Waals surface area (Å²) in [6, 6.07) is 5.02. The average Bonchev–Trinajstić information content (AvgIpc) is 2.77. The molecule has 2 N–H and O–H groups in total. The Morgan fingerprint density at radius 3 is 1.94 bits per heavy atom. The molecule has 1 amide bonds. The summed E-state index contributed by atoms with van der Waals surface area (Å²) in [6.45, 7) is 0. The number of anilines is 2. The SMILES string of the molecule is COC(=O)c1cc(OC)c(OC)c(OC)c1NS(=O)(=O)c1ccc(NC(=O)C(F)(F)F)cc1. The van der Waals surface area contributed by atoms with Gasteiger partial charge in [0.25, 0.3) is 10.0 Å². The molecule has 0 bridgehead atoms. The van der Waals surface area contributed by atoms with Crippen molar-refractivity contribution in [2.24, 2.45) is 0 Å². The Hall–Kier alpha value is -3.68. The third kappa shape index (κ3) is 5.58. The van der Waals surface area contributed by atoms with Crippen molar-refractivity contribution < 1.29 is 50.1 Å². The Morgan fingerprint density at radius 1 is 0.909 bits per heavy atom. The number of carbonyl (C=O) groups excluding carboxylic acids is 2. The van der Waals surface area contributed by atoms with Crippen LogP contribution in [0.5, 0.6) is 17.2 Å². The van der Waals surface area contributed by atoms with Crippen LogP contribution in [0.25, 0.3) is 0 Å². The van der Waals surface area contributed by atoms with Crippen LogP contribution in [0.3, 0.4) is 0 Å². The molecule has 10 nitrogen and oxygen atoms in total. The first-order valence-electron chi connectivity index (χ1n) is 8.81. The zero-order chi connectivity index (χ0) is 25.0. The number of ether oxygens (including phenoxy) is 4. The van der Waals surface area contributed by atoms with Crippen LogP contribution in [0.2, 0.25) is 0 Å². The first kappa shape index (κ1) is 25.6. The number of benzene rings is 2. The molecule has 0 spiro atoms. The highest BCUT2D eigenvalue weighted by atomic mass is 32.2. The van der Waals surface area contributed by atoms with Crippen molar-refractivity contribution in [3.63, 3.8) is 0 Å². The Balaban J connectivity index is 2.50. The molecule has 0 saturated carbocycles. The maximum absolute atomic E-state index is 12.9. The van der Waals surface area contributed by atoms with Gasteiger partial charge in [0.15, 0.2) is 11.5 Å². The Bertz CT molecular complexity index is 1150. The highest BCUT2D eigenvalue weighted by molar-refractivity contribution is 7.92. The lowest BCUT2D eigenvalue weighted by Crippen LogP contribution is -2.29. The third-order valence-corrected chi connectivity index (χ3v) is 5.52. The monoisotopic (exact) mass is 492 g/mol. The van der Waals surface area contributed by atoms with Gasteiger partial charge in [-0.15, -0.1) is 0 Å². The summed E-state index contributed by atoms with van der Waals surface area (Å²) >= 11 is 0. The summed E-state index contributed by atoms with van der Waals surface area (Å²) in [5.74, 6) is -3.28. The van der Waals surface area contributed by atoms with Crippen LogP contribution >= 0.6 is 0 Å². The van der Waals surface area contributed by atoms with Crippen molar-refractivity contribution in [3.8, 4) is 17.2 Å². The van der Waals surface area contributed by atoms with E-state index >= 15 is 0 Å². The molecule has 0 atom stereocenters. The number of carbonyl (C=O) groups is 2. The Kier molecular flexibility index (Phi) is 7.64. The van der Waals surface area contributed by atoms with Gasteiger partial charge in [-0.2, -0.15) is 13.2 Å². The van der Waals surface area contributed by atoms with E-state index in [1.807, 2.05) is 0 Å². The third-order valence-electron chi connectivity index (χ3n) is 4.15. The number of sulfonamides is 1. The molecule has 0 saturated heterocycles. The largest absolute Gasteiger partial charge is 0.493 e. The van der Waals surface area contributed by atoms with Gasteiger partial charge in [-0.05, 0) is 24.3 Å². The van der Waals surface area contributed by atoms with Gasteiger partial charge in [0, 0.05) is 11.8 Å². The van der Waals surface area contributed by atoms with Gasteiger partial charge in [0.05, 0.1) is 38.9 Å². The minimum Gasteiger partial charge on any atom is -0.493 e. The van der Waals surface area contributed by atoms with Gasteiger partial charge in [0.1, 0.15) is 5.69 Å². The minimum absolute atomic E-state index is 0.0180. The van der Waals surface area contributed by atoms with E-state index < -0.39 is 28.1 Å². The average molecular weight is 492 g/mol. The molecule has 0 heterocycles. The molecule has 0 unspecified atom stereocenters. The number of alkyl halides is 3. The molecule has 33 heavy (non-hydrogen) atoms. The van der Waals surface area contributed by atoms with Crippen molar-refractivity contribution in [3.05, 3.63) is 35.9 Å². The summed E-state index contributed by atoms with van der Waals surface area (Å²) in [7, 11) is 0.448. The van der Waals surface area contributed by atoms with E-state index in [1.54, 1.807) is 5.32 Å². The fraction of sp³-hybridized carbons (Fsp3) is 0.263. The number of esters is 1. The van der Waals surface area contributed by atoms with E-state index in [4.69, 9.17) is 18.9 Å². The summed E-state index contributed by atoms with van der Waals surface area (Å²) in [6.07, 6.45) is -5.11. The quantitative estimate of drug-likeness (QED) is 0.539. The van der Waals surface area contributed by atoms with Crippen LogP contribution in [-0.2, 0) is 19.6 Å². The zero-order valence-electron chi connectivity index (χ0n) is 17.7. The lowest BCUT2D eigenvalue weighted by Gasteiger charge is -2.19. The fourth-order valence-electron chi connectivity index (χ4n) is 2.64. The molecule has 2 aromatic carbocycles. The number of methoxy groups -OCH3 is 4. The maximum Gasteiger partial charge on any atom is 0.471 e. The van der Waals surface area contributed by atoms with Gasteiger partial charge >= 0.3 is 18.1 Å². The highest BCUT2D eigenvalue weighted by Crippen LogP contribution is 2.46. The lowest BCUT2D eigenvalue weighted by atomic mass is 10.1. The van der Waals surface area contributed by atoms with Crippen molar-refractivity contribution in [2.75, 3.05) is 38.5 Å². The highest BCUT2D eigenvalue weighted by Gasteiger charge is 2.38. The molecular weight excluding hydrogens is 473 g/mol. The van der Waals surface area contributed by atoms with Gasteiger partial charge < -0.3 is 24.3 Å². The lowest BCUT2D eigenvalue weighted by molar-refractivity contribution is -0.167. The van der Waals surface area contributed by atoms with Gasteiger partial charge in [-0.25, -0.2) is 13.2 Å². The standard InChI is InChI=1S/C19H19F3N2O8S/c1-29-13-9-12(17(25)32-4)14(16(31-3)15(13)30-2)24-33(27,28)11-7-5-10(6-8-11)23-18(26)19(20,21)22/h5-9,24H,1-4H3,(H,23,26). The number of halogens is 3. The fourth-order valence-corrected chi connectivity index (χ4v) is 3.72. The molecule has 0 radical (unpaired) electrons. The first-order chi connectivity index (χ1) is 15.4. The predicted molar refractivity (Wildman–Crippen MR) is 109 cm³/mol. The number of hydrogen-bond acceptors (Lipinski definition) is 8. The number of amides is 1.